The lowest BCUT2D eigenvalue weighted by Gasteiger charge is -2.33. The van der Waals surface area contributed by atoms with Crippen molar-refractivity contribution in [1.82, 2.24) is 4.90 Å². The van der Waals surface area contributed by atoms with E-state index in [4.69, 9.17) is 9.47 Å². The quantitative estimate of drug-likeness (QED) is 0.744. The van der Waals surface area contributed by atoms with Crippen molar-refractivity contribution in [3.8, 4) is 11.5 Å². The number of nitrogens with zero attached hydrogens (tertiary/aromatic N) is 1. The minimum Gasteiger partial charge on any atom is -0.485 e. The van der Waals surface area contributed by atoms with Crippen LogP contribution in [0.4, 0.5) is 0 Å². The minimum atomic E-state index is -0.505. The van der Waals surface area contributed by atoms with Crippen molar-refractivity contribution < 1.29 is 14.3 Å². The molecule has 21 heavy (non-hydrogen) atoms. The topological polar surface area (TPSA) is 38.8 Å². The number of allylic oxidation sites excluding steroid dienone is 1. The number of likely N-dealkylation sites (tertiary alicyclic amines) is 1. The highest BCUT2D eigenvalue weighted by molar-refractivity contribution is 5.82. The van der Waals surface area contributed by atoms with Crippen LogP contribution in [0.15, 0.2) is 35.4 Å². The number of piperidine rings is 1. The van der Waals surface area contributed by atoms with E-state index in [2.05, 4.69) is 0 Å². The molecule has 1 amide bonds. The van der Waals surface area contributed by atoms with Crippen LogP contribution in [0.1, 0.15) is 25.7 Å². The van der Waals surface area contributed by atoms with Gasteiger partial charge in [-0.1, -0.05) is 23.3 Å². The van der Waals surface area contributed by atoms with Gasteiger partial charge in [0.25, 0.3) is 5.91 Å². The monoisotopic (exact) mass is 285 g/mol. The first-order valence-corrected chi connectivity index (χ1v) is 7.68. The largest absolute Gasteiger partial charge is 0.485 e. The van der Waals surface area contributed by atoms with Gasteiger partial charge in [-0.05, 0) is 37.8 Å². The van der Waals surface area contributed by atoms with E-state index in [9.17, 15) is 4.79 Å². The zero-order chi connectivity index (χ0) is 14.2. The summed E-state index contributed by atoms with van der Waals surface area (Å²) in [6, 6.07) is 7.51. The second kappa shape index (κ2) is 5.10. The van der Waals surface area contributed by atoms with Gasteiger partial charge < -0.3 is 14.4 Å². The smallest absolute Gasteiger partial charge is 0.267 e. The number of carbonyl (C=O) groups excluding carboxylic acids is 1. The van der Waals surface area contributed by atoms with Crippen molar-refractivity contribution in [2.75, 3.05) is 19.7 Å². The van der Waals surface area contributed by atoms with Crippen molar-refractivity contribution in [1.29, 1.82) is 0 Å². The summed E-state index contributed by atoms with van der Waals surface area (Å²) in [6.07, 6.45) is 4.12. The molecule has 2 heterocycles. The van der Waals surface area contributed by atoms with Crippen LogP contribution in [0.3, 0.4) is 0 Å². The van der Waals surface area contributed by atoms with Crippen LogP contribution in [0, 0.1) is 0 Å². The average molecular weight is 285 g/mol. The molecule has 0 bridgehead atoms. The van der Waals surface area contributed by atoms with Crippen molar-refractivity contribution in [2.24, 2.45) is 0 Å². The first kappa shape index (κ1) is 12.7. The van der Waals surface area contributed by atoms with Crippen molar-refractivity contribution in [3.63, 3.8) is 0 Å². The summed E-state index contributed by atoms with van der Waals surface area (Å²) in [5.41, 5.74) is 3.22. The summed E-state index contributed by atoms with van der Waals surface area (Å²) in [7, 11) is 0. The van der Waals surface area contributed by atoms with Crippen molar-refractivity contribution in [3.05, 3.63) is 35.4 Å². The molecule has 2 fully saturated rings. The molecule has 4 rings (SSSR count). The molecule has 2 aliphatic heterocycles. The summed E-state index contributed by atoms with van der Waals surface area (Å²) in [6.45, 7) is 1.94. The molecule has 4 nitrogen and oxygen atoms in total. The molecule has 1 aromatic rings. The minimum absolute atomic E-state index is 0.0596. The summed E-state index contributed by atoms with van der Waals surface area (Å²) in [5, 5.41) is 0. The lowest BCUT2D eigenvalue weighted by atomic mass is 10.0. The highest BCUT2D eigenvalue weighted by Gasteiger charge is 2.33. The van der Waals surface area contributed by atoms with Crippen LogP contribution in [-0.2, 0) is 4.79 Å². The zero-order valence-electron chi connectivity index (χ0n) is 12.0. The number of amides is 1. The van der Waals surface area contributed by atoms with E-state index in [0.717, 1.165) is 31.7 Å². The molecule has 1 saturated carbocycles. The van der Waals surface area contributed by atoms with Crippen molar-refractivity contribution >= 4 is 5.91 Å². The number of hydrogen-bond acceptors (Lipinski definition) is 3. The summed E-state index contributed by atoms with van der Waals surface area (Å²) in [5.74, 6) is 1.45. The molecule has 3 aliphatic rings. The van der Waals surface area contributed by atoms with Gasteiger partial charge in [-0.15, -0.1) is 0 Å². The third kappa shape index (κ3) is 2.50. The number of rotatable bonds is 1. The predicted molar refractivity (Wildman–Crippen MR) is 78.4 cm³/mol. The Labute approximate surface area is 124 Å². The van der Waals surface area contributed by atoms with Crippen LogP contribution in [0.5, 0.6) is 11.5 Å². The highest BCUT2D eigenvalue weighted by atomic mass is 16.6. The van der Waals surface area contributed by atoms with Crippen LogP contribution in [-0.4, -0.2) is 36.6 Å². The number of carbonyl (C=O) groups is 1. The van der Waals surface area contributed by atoms with E-state index in [1.165, 1.54) is 12.8 Å². The van der Waals surface area contributed by atoms with E-state index in [1.54, 1.807) is 11.1 Å². The normalized spacial score (nSPS) is 24.0. The second-order valence-electron chi connectivity index (χ2n) is 5.90. The molecule has 1 aromatic carbocycles. The van der Waals surface area contributed by atoms with Gasteiger partial charge in [0.05, 0.1) is 0 Å². The van der Waals surface area contributed by atoms with Gasteiger partial charge in [-0.2, -0.15) is 0 Å². The van der Waals surface area contributed by atoms with Crippen LogP contribution < -0.4 is 9.47 Å². The second-order valence-corrected chi connectivity index (χ2v) is 5.90. The molecule has 1 saturated heterocycles. The Balaban J connectivity index is 1.41. The molecule has 1 atom stereocenters. The first-order valence-electron chi connectivity index (χ1n) is 7.68. The van der Waals surface area contributed by atoms with Gasteiger partial charge in [-0.25, -0.2) is 0 Å². The SMILES string of the molecule is O=C(C1COc2ccccc2O1)N1CCC(=C2CC2)CC1. The number of fused-ring (bicyclic) bond motifs is 1. The van der Waals surface area contributed by atoms with Gasteiger partial charge in [0, 0.05) is 13.1 Å². The Hall–Kier alpha value is -1.97. The summed E-state index contributed by atoms with van der Waals surface area (Å²) >= 11 is 0. The Kier molecular flexibility index (Phi) is 3.09. The standard InChI is InChI=1S/C17H19NO3/c19-17(18-9-7-13(8-10-18)12-5-6-12)16-11-20-14-3-1-2-4-15(14)21-16/h1-4,16H,5-11H2. The molecule has 0 radical (unpaired) electrons. The van der Waals surface area contributed by atoms with Crippen LogP contribution in [0.2, 0.25) is 0 Å². The van der Waals surface area contributed by atoms with Gasteiger partial charge in [0.2, 0.25) is 6.10 Å². The van der Waals surface area contributed by atoms with Crippen LogP contribution >= 0.6 is 0 Å². The van der Waals surface area contributed by atoms with Gasteiger partial charge in [0.15, 0.2) is 11.5 Å². The molecule has 0 N–H and O–H groups in total. The molecule has 0 spiro atoms. The van der Waals surface area contributed by atoms with E-state index in [-0.39, 0.29) is 5.91 Å². The lowest BCUT2D eigenvalue weighted by molar-refractivity contribution is -0.141. The molecule has 1 aliphatic carbocycles. The Bertz CT molecular complexity index is 592. The molecule has 110 valence electrons. The first-order chi connectivity index (χ1) is 10.3. The third-order valence-corrected chi connectivity index (χ3v) is 4.46. The highest BCUT2D eigenvalue weighted by Crippen LogP contribution is 2.36. The van der Waals surface area contributed by atoms with E-state index < -0.39 is 6.10 Å². The molecule has 4 heteroatoms. The molecular weight excluding hydrogens is 266 g/mol. The maximum atomic E-state index is 12.6. The fourth-order valence-corrected chi connectivity index (χ4v) is 3.11. The summed E-state index contributed by atoms with van der Waals surface area (Å²) < 4.78 is 11.4. The Morgan fingerprint density at radius 1 is 1.00 bits per heavy atom. The average Bonchev–Trinajstić information content (AvgIpc) is 3.39. The fraction of sp³-hybridized carbons (Fsp3) is 0.471. The van der Waals surface area contributed by atoms with Gasteiger partial charge >= 0.3 is 0 Å². The zero-order valence-corrected chi connectivity index (χ0v) is 12.0. The molecule has 1 unspecified atom stereocenters. The maximum Gasteiger partial charge on any atom is 0.267 e. The lowest BCUT2D eigenvalue weighted by Crippen LogP contribution is -2.48. The van der Waals surface area contributed by atoms with E-state index in [1.807, 2.05) is 29.2 Å². The third-order valence-electron chi connectivity index (χ3n) is 4.46. The molecule has 0 aromatic heterocycles. The van der Waals surface area contributed by atoms with E-state index >= 15 is 0 Å². The van der Waals surface area contributed by atoms with Gasteiger partial charge in [0.1, 0.15) is 6.61 Å². The van der Waals surface area contributed by atoms with Crippen LogP contribution in [0.25, 0.3) is 0 Å². The maximum absolute atomic E-state index is 12.6. The summed E-state index contributed by atoms with van der Waals surface area (Å²) in [4.78, 5) is 14.5. The van der Waals surface area contributed by atoms with E-state index in [0.29, 0.717) is 12.4 Å². The predicted octanol–water partition coefficient (Wildman–Crippen LogP) is 2.54. The molecular formula is C17H19NO3. The number of benzene rings is 1. The number of hydrogen-bond donors (Lipinski definition) is 0. The Morgan fingerprint density at radius 3 is 2.38 bits per heavy atom. The van der Waals surface area contributed by atoms with Gasteiger partial charge in [-0.3, -0.25) is 4.79 Å². The number of para-hydroxylation sites is 2. The number of ether oxygens (including phenoxy) is 2. The fourth-order valence-electron chi connectivity index (χ4n) is 3.11. The van der Waals surface area contributed by atoms with Crippen molar-refractivity contribution in [2.45, 2.75) is 31.8 Å². The Morgan fingerprint density at radius 2 is 1.67 bits per heavy atom.